The molecule has 0 radical (unpaired) electrons. The third kappa shape index (κ3) is 2.46. The summed E-state index contributed by atoms with van der Waals surface area (Å²) in [5.74, 6) is 1.01. The number of hydrogen-bond donors (Lipinski definition) is 1. The lowest BCUT2D eigenvalue weighted by Crippen LogP contribution is -2.40. The van der Waals surface area contributed by atoms with Gasteiger partial charge in [0.2, 0.25) is 0 Å². The number of anilines is 1. The van der Waals surface area contributed by atoms with Gasteiger partial charge in [-0.25, -0.2) is 4.98 Å². The molecule has 0 atom stereocenters. The molecule has 0 amide bonds. The summed E-state index contributed by atoms with van der Waals surface area (Å²) in [7, 11) is 0. The predicted molar refractivity (Wildman–Crippen MR) is 67.6 cm³/mol. The number of nitrogens with zero attached hydrogens (tertiary/aromatic N) is 1. The van der Waals surface area contributed by atoms with E-state index in [1.807, 2.05) is 24.0 Å². The maximum Gasteiger partial charge on any atom is 0.126 e. The van der Waals surface area contributed by atoms with Crippen LogP contribution in [0.5, 0.6) is 0 Å². The van der Waals surface area contributed by atoms with Crippen LogP contribution in [0.15, 0.2) is 18.3 Å². The smallest absolute Gasteiger partial charge is 0.126 e. The molecule has 0 unspecified atom stereocenters. The van der Waals surface area contributed by atoms with Crippen molar-refractivity contribution in [2.75, 3.05) is 18.1 Å². The predicted octanol–water partition coefficient (Wildman–Crippen LogP) is 3.09. The van der Waals surface area contributed by atoms with E-state index in [0.717, 1.165) is 12.4 Å². The minimum atomic E-state index is 0.478. The third-order valence-electron chi connectivity index (χ3n) is 3.20. The van der Waals surface area contributed by atoms with Crippen molar-refractivity contribution in [3.05, 3.63) is 23.9 Å². The number of aryl methyl sites for hydroxylation is 1. The molecule has 3 heteroatoms. The molecule has 0 bridgehead atoms. The van der Waals surface area contributed by atoms with E-state index >= 15 is 0 Å². The standard InChI is InChI=1S/C12H18N2S/c1-10-4-7-13-11(8-10)14-9-12(15-2)5-3-6-12/h4,7-8H,3,5-6,9H2,1-2H3,(H,13,14). The van der Waals surface area contributed by atoms with Crippen molar-refractivity contribution in [2.45, 2.75) is 30.9 Å². The maximum atomic E-state index is 4.31. The number of nitrogens with one attached hydrogen (secondary N) is 1. The topological polar surface area (TPSA) is 24.9 Å². The van der Waals surface area contributed by atoms with Crippen LogP contribution < -0.4 is 5.32 Å². The monoisotopic (exact) mass is 222 g/mol. The Kier molecular flexibility index (Phi) is 3.19. The molecule has 1 aliphatic carbocycles. The lowest BCUT2D eigenvalue weighted by atomic mass is 9.84. The van der Waals surface area contributed by atoms with Crippen molar-refractivity contribution >= 4 is 17.6 Å². The van der Waals surface area contributed by atoms with E-state index < -0.39 is 0 Å². The van der Waals surface area contributed by atoms with Crippen LogP contribution in [0.2, 0.25) is 0 Å². The van der Waals surface area contributed by atoms with E-state index in [1.165, 1.54) is 24.8 Å². The van der Waals surface area contributed by atoms with Gasteiger partial charge in [-0.05, 0) is 43.7 Å². The highest BCUT2D eigenvalue weighted by atomic mass is 32.2. The van der Waals surface area contributed by atoms with Gasteiger partial charge in [0.15, 0.2) is 0 Å². The van der Waals surface area contributed by atoms with Crippen molar-refractivity contribution in [1.82, 2.24) is 4.98 Å². The second-order valence-corrected chi connectivity index (χ2v) is 5.59. The summed E-state index contributed by atoms with van der Waals surface area (Å²) < 4.78 is 0.478. The van der Waals surface area contributed by atoms with Gasteiger partial charge in [-0.1, -0.05) is 6.42 Å². The molecule has 0 spiro atoms. The van der Waals surface area contributed by atoms with Gasteiger partial charge >= 0.3 is 0 Å². The van der Waals surface area contributed by atoms with Crippen LogP contribution in [0.4, 0.5) is 5.82 Å². The fraction of sp³-hybridized carbons (Fsp3) is 0.583. The van der Waals surface area contributed by atoms with E-state index in [4.69, 9.17) is 0 Å². The summed E-state index contributed by atoms with van der Waals surface area (Å²) in [6.45, 7) is 3.14. The zero-order valence-corrected chi connectivity index (χ0v) is 10.2. The Morgan fingerprint density at radius 2 is 2.33 bits per heavy atom. The van der Waals surface area contributed by atoms with Gasteiger partial charge in [0.05, 0.1) is 0 Å². The molecule has 2 nitrogen and oxygen atoms in total. The van der Waals surface area contributed by atoms with Gasteiger partial charge < -0.3 is 5.32 Å². The Hall–Kier alpha value is -0.700. The largest absolute Gasteiger partial charge is 0.369 e. The minimum Gasteiger partial charge on any atom is -0.369 e. The van der Waals surface area contributed by atoms with Crippen LogP contribution in [-0.4, -0.2) is 22.5 Å². The highest BCUT2D eigenvalue weighted by Gasteiger charge is 2.35. The van der Waals surface area contributed by atoms with Crippen LogP contribution in [-0.2, 0) is 0 Å². The molecule has 0 aliphatic heterocycles. The van der Waals surface area contributed by atoms with Crippen LogP contribution in [0.25, 0.3) is 0 Å². The molecule has 1 aliphatic rings. The summed E-state index contributed by atoms with van der Waals surface area (Å²) in [6.07, 6.45) is 8.14. The summed E-state index contributed by atoms with van der Waals surface area (Å²) in [6, 6.07) is 4.13. The Morgan fingerprint density at radius 3 is 2.87 bits per heavy atom. The molecule has 82 valence electrons. The van der Waals surface area contributed by atoms with Crippen LogP contribution in [0, 0.1) is 6.92 Å². The van der Waals surface area contributed by atoms with Crippen molar-refractivity contribution in [1.29, 1.82) is 0 Å². The molecule has 15 heavy (non-hydrogen) atoms. The quantitative estimate of drug-likeness (QED) is 0.847. The lowest BCUT2D eigenvalue weighted by Gasteiger charge is -2.40. The third-order valence-corrected chi connectivity index (χ3v) is 4.62. The molecule has 1 saturated carbocycles. The Bertz CT molecular complexity index is 329. The Labute approximate surface area is 95.9 Å². The lowest BCUT2D eigenvalue weighted by molar-refractivity contribution is 0.379. The fourth-order valence-corrected chi connectivity index (χ4v) is 2.82. The van der Waals surface area contributed by atoms with Gasteiger partial charge in [0.1, 0.15) is 5.82 Å². The summed E-state index contributed by atoms with van der Waals surface area (Å²) >= 11 is 1.99. The molecule has 2 rings (SSSR count). The average Bonchev–Trinajstić information content (AvgIpc) is 2.17. The first-order valence-corrected chi connectivity index (χ1v) is 6.68. The molecule has 1 fully saturated rings. The number of aromatic nitrogens is 1. The van der Waals surface area contributed by atoms with Gasteiger partial charge in [0.25, 0.3) is 0 Å². The number of pyridine rings is 1. The van der Waals surface area contributed by atoms with Crippen LogP contribution >= 0.6 is 11.8 Å². The minimum absolute atomic E-state index is 0.478. The molecular weight excluding hydrogens is 204 g/mol. The molecule has 0 saturated heterocycles. The number of rotatable bonds is 4. The molecule has 0 aromatic carbocycles. The normalized spacial score (nSPS) is 18.3. The Morgan fingerprint density at radius 1 is 1.53 bits per heavy atom. The highest BCUT2D eigenvalue weighted by molar-refractivity contribution is 8.00. The van der Waals surface area contributed by atoms with Gasteiger partial charge in [-0.3, -0.25) is 0 Å². The van der Waals surface area contributed by atoms with Crippen molar-refractivity contribution in [2.24, 2.45) is 0 Å². The molecule has 1 aromatic rings. The first-order valence-electron chi connectivity index (χ1n) is 5.46. The summed E-state index contributed by atoms with van der Waals surface area (Å²) in [5, 5.41) is 3.45. The summed E-state index contributed by atoms with van der Waals surface area (Å²) in [5.41, 5.74) is 1.26. The molecule has 1 aromatic heterocycles. The zero-order valence-electron chi connectivity index (χ0n) is 9.42. The summed E-state index contributed by atoms with van der Waals surface area (Å²) in [4.78, 5) is 4.31. The van der Waals surface area contributed by atoms with E-state index in [2.05, 4.69) is 29.5 Å². The van der Waals surface area contributed by atoms with E-state index in [9.17, 15) is 0 Å². The van der Waals surface area contributed by atoms with Crippen molar-refractivity contribution in [3.63, 3.8) is 0 Å². The van der Waals surface area contributed by atoms with Gasteiger partial charge in [0, 0.05) is 17.5 Å². The van der Waals surface area contributed by atoms with Crippen molar-refractivity contribution < 1.29 is 0 Å². The second-order valence-electron chi connectivity index (χ2n) is 4.31. The first-order chi connectivity index (χ1) is 7.24. The van der Waals surface area contributed by atoms with Gasteiger partial charge in [-0.2, -0.15) is 11.8 Å². The van der Waals surface area contributed by atoms with Crippen LogP contribution in [0.3, 0.4) is 0 Å². The van der Waals surface area contributed by atoms with Crippen molar-refractivity contribution in [3.8, 4) is 0 Å². The van der Waals surface area contributed by atoms with E-state index in [-0.39, 0.29) is 0 Å². The zero-order chi connectivity index (χ0) is 10.7. The molecule has 1 N–H and O–H groups in total. The second kappa shape index (κ2) is 4.44. The maximum absolute atomic E-state index is 4.31. The molecular formula is C12H18N2S. The first kappa shape index (κ1) is 10.8. The SMILES string of the molecule is CSC1(CNc2cc(C)ccn2)CCC1. The van der Waals surface area contributed by atoms with Crippen LogP contribution in [0.1, 0.15) is 24.8 Å². The number of hydrogen-bond acceptors (Lipinski definition) is 3. The average molecular weight is 222 g/mol. The Balaban J connectivity index is 1.92. The number of thioether (sulfide) groups is 1. The fourth-order valence-electron chi connectivity index (χ4n) is 1.91. The van der Waals surface area contributed by atoms with Gasteiger partial charge in [-0.15, -0.1) is 0 Å². The molecule has 1 heterocycles. The van der Waals surface area contributed by atoms with E-state index in [1.54, 1.807) is 0 Å². The van der Waals surface area contributed by atoms with E-state index in [0.29, 0.717) is 4.75 Å². The highest BCUT2D eigenvalue weighted by Crippen LogP contribution is 2.42.